The lowest BCUT2D eigenvalue weighted by atomic mass is 9.77. The normalized spacial score (nSPS) is 33.0. The predicted molar refractivity (Wildman–Crippen MR) is 111 cm³/mol. The first-order chi connectivity index (χ1) is 14.2. The zero-order valence-corrected chi connectivity index (χ0v) is 17.3. The maximum absolute atomic E-state index is 13.7. The summed E-state index contributed by atoms with van der Waals surface area (Å²) in [7, 11) is 0. The van der Waals surface area contributed by atoms with Gasteiger partial charge in [-0.1, -0.05) is 56.5 Å². The van der Waals surface area contributed by atoms with Crippen LogP contribution in [0.15, 0.2) is 41.6 Å². The molecule has 0 N–H and O–H groups in total. The molecule has 0 spiro atoms. The van der Waals surface area contributed by atoms with Gasteiger partial charge in [0.2, 0.25) is 0 Å². The van der Waals surface area contributed by atoms with Crippen LogP contribution in [0.1, 0.15) is 69.9 Å². The van der Waals surface area contributed by atoms with Gasteiger partial charge in [0.1, 0.15) is 6.61 Å². The largest absolute Gasteiger partial charge is 0.447 e. The minimum atomic E-state index is -0.347. The van der Waals surface area contributed by atoms with E-state index in [0.29, 0.717) is 30.1 Å². The van der Waals surface area contributed by atoms with Crippen LogP contribution < -0.4 is 0 Å². The van der Waals surface area contributed by atoms with E-state index in [4.69, 9.17) is 4.74 Å². The standard InChI is InChI=1S/C25H31NO3/c1-2-3-4-8-11-19-21-17-12-13-18(14-17)22(21)24(27)23(19)26-20(15-29-25(26)28)16-9-6-5-7-10-16/h5-7,9-10,17-18,20-22H,2-4,8,11-15H2,1H3/t17-,18+,20+,21?,22?/m1/s1. The smallest absolute Gasteiger partial charge is 0.415 e. The zero-order chi connectivity index (χ0) is 20.0. The molecule has 1 heterocycles. The third-order valence-electron chi connectivity index (χ3n) is 7.76. The minimum Gasteiger partial charge on any atom is -0.447 e. The number of carbonyl (C=O) groups is 2. The Bertz CT molecular complexity index is 830. The summed E-state index contributed by atoms with van der Waals surface area (Å²) in [5, 5.41) is 0. The van der Waals surface area contributed by atoms with Crippen molar-refractivity contribution >= 4 is 11.9 Å². The number of ether oxygens (including phenoxy) is 1. The number of hydrogen-bond acceptors (Lipinski definition) is 3. The van der Waals surface area contributed by atoms with Gasteiger partial charge in [0.25, 0.3) is 0 Å². The van der Waals surface area contributed by atoms with Crippen LogP contribution in [0, 0.1) is 23.7 Å². The van der Waals surface area contributed by atoms with Crippen LogP contribution in [0.25, 0.3) is 0 Å². The Labute approximate surface area is 173 Å². The highest BCUT2D eigenvalue weighted by Gasteiger charge is 2.59. The van der Waals surface area contributed by atoms with Gasteiger partial charge in [-0.25, -0.2) is 4.79 Å². The van der Waals surface area contributed by atoms with Gasteiger partial charge in [0.15, 0.2) is 5.78 Å². The molecule has 29 heavy (non-hydrogen) atoms. The number of fused-ring (bicyclic) bond motifs is 5. The fourth-order valence-corrected chi connectivity index (χ4v) is 6.53. The van der Waals surface area contributed by atoms with Crippen LogP contribution in [0.5, 0.6) is 0 Å². The summed E-state index contributed by atoms with van der Waals surface area (Å²) in [6.07, 6.45) is 8.98. The van der Waals surface area contributed by atoms with E-state index in [1.165, 1.54) is 44.1 Å². The van der Waals surface area contributed by atoms with E-state index in [1.54, 1.807) is 4.90 Å². The van der Waals surface area contributed by atoms with E-state index >= 15 is 0 Å². The maximum atomic E-state index is 13.7. The molecule has 1 saturated heterocycles. The number of nitrogens with zero attached hydrogens (tertiary/aromatic N) is 1. The van der Waals surface area contributed by atoms with Crippen molar-refractivity contribution < 1.29 is 14.3 Å². The number of hydrogen-bond donors (Lipinski definition) is 0. The molecule has 1 amide bonds. The number of allylic oxidation sites excluding steroid dienone is 2. The van der Waals surface area contributed by atoms with Gasteiger partial charge < -0.3 is 4.74 Å². The van der Waals surface area contributed by atoms with Crippen molar-refractivity contribution in [1.82, 2.24) is 4.90 Å². The first-order valence-corrected chi connectivity index (χ1v) is 11.5. The van der Waals surface area contributed by atoms with Crippen LogP contribution >= 0.6 is 0 Å². The van der Waals surface area contributed by atoms with Crippen molar-refractivity contribution in [2.45, 2.75) is 64.3 Å². The third-order valence-corrected chi connectivity index (χ3v) is 7.76. The molecule has 1 aromatic rings. The van der Waals surface area contributed by atoms with Gasteiger partial charge in [-0.3, -0.25) is 9.69 Å². The van der Waals surface area contributed by atoms with E-state index in [2.05, 4.69) is 6.92 Å². The lowest BCUT2D eigenvalue weighted by Gasteiger charge is -2.26. The molecule has 4 nitrogen and oxygen atoms in total. The van der Waals surface area contributed by atoms with Crippen molar-refractivity contribution in [3.8, 4) is 0 Å². The van der Waals surface area contributed by atoms with Gasteiger partial charge in [-0.15, -0.1) is 0 Å². The SMILES string of the molecule is CCCCCCC1=C(N2C(=O)OC[C@H]2c2ccccc2)C(=O)C2C1[C@@H]1CC[C@H]2C1. The minimum absolute atomic E-state index is 0.120. The number of rotatable bonds is 7. The molecule has 1 aliphatic heterocycles. The highest BCUT2D eigenvalue weighted by Crippen LogP contribution is 2.61. The molecule has 5 atom stereocenters. The molecule has 2 bridgehead atoms. The molecular formula is C25H31NO3. The number of amides is 1. The second-order valence-corrected chi connectivity index (χ2v) is 9.31. The summed E-state index contributed by atoms with van der Waals surface area (Å²) >= 11 is 0. The van der Waals surface area contributed by atoms with Crippen LogP contribution in [0.3, 0.4) is 0 Å². The lowest BCUT2D eigenvalue weighted by molar-refractivity contribution is -0.121. The topological polar surface area (TPSA) is 46.6 Å². The molecule has 154 valence electrons. The summed E-state index contributed by atoms with van der Waals surface area (Å²) in [4.78, 5) is 28.2. The number of cyclic esters (lactones) is 1. The summed E-state index contributed by atoms with van der Waals surface area (Å²) in [6.45, 7) is 2.55. The second-order valence-electron chi connectivity index (χ2n) is 9.31. The van der Waals surface area contributed by atoms with Crippen LogP contribution in [-0.2, 0) is 9.53 Å². The Morgan fingerprint density at radius 2 is 1.76 bits per heavy atom. The van der Waals surface area contributed by atoms with Crippen LogP contribution in [-0.4, -0.2) is 23.4 Å². The number of benzene rings is 1. The Kier molecular flexibility index (Phi) is 4.97. The molecule has 4 heteroatoms. The maximum Gasteiger partial charge on any atom is 0.415 e. The Balaban J connectivity index is 1.52. The van der Waals surface area contributed by atoms with Crippen molar-refractivity contribution in [3.05, 3.63) is 47.2 Å². The summed E-state index contributed by atoms with van der Waals surface area (Å²) in [5.74, 6) is 1.89. The average molecular weight is 394 g/mol. The fourth-order valence-electron chi connectivity index (χ4n) is 6.53. The Morgan fingerprint density at radius 3 is 2.52 bits per heavy atom. The lowest BCUT2D eigenvalue weighted by Crippen LogP contribution is -2.32. The third kappa shape index (κ3) is 3.03. The van der Waals surface area contributed by atoms with Crippen molar-refractivity contribution in [3.63, 3.8) is 0 Å². The second kappa shape index (κ2) is 7.62. The summed E-state index contributed by atoms with van der Waals surface area (Å²) in [5.41, 5.74) is 3.04. The van der Waals surface area contributed by atoms with E-state index in [0.717, 1.165) is 18.4 Å². The number of carbonyl (C=O) groups excluding carboxylic acids is 2. The first-order valence-electron chi connectivity index (χ1n) is 11.5. The molecule has 2 saturated carbocycles. The van der Waals surface area contributed by atoms with Gasteiger partial charge in [-0.2, -0.15) is 0 Å². The summed E-state index contributed by atoms with van der Waals surface area (Å²) < 4.78 is 5.48. The highest BCUT2D eigenvalue weighted by molar-refractivity contribution is 6.04. The molecule has 0 aromatic heterocycles. The molecule has 0 radical (unpaired) electrons. The zero-order valence-electron chi connectivity index (χ0n) is 17.3. The van der Waals surface area contributed by atoms with Gasteiger partial charge in [-0.05, 0) is 61.0 Å². The highest BCUT2D eigenvalue weighted by atomic mass is 16.6. The average Bonchev–Trinajstić information content (AvgIpc) is 3.49. The first kappa shape index (κ1) is 18.9. The molecule has 3 aliphatic carbocycles. The number of Topliss-reactive ketones (excluding diaryl/α,β-unsaturated/α-hetero) is 1. The molecule has 3 fully saturated rings. The van der Waals surface area contributed by atoms with Crippen molar-refractivity contribution in [1.29, 1.82) is 0 Å². The van der Waals surface area contributed by atoms with Gasteiger partial charge in [0, 0.05) is 5.92 Å². The van der Waals surface area contributed by atoms with E-state index in [-0.39, 0.29) is 23.8 Å². The van der Waals surface area contributed by atoms with Crippen LogP contribution in [0.2, 0.25) is 0 Å². The molecule has 4 aliphatic rings. The fraction of sp³-hybridized carbons (Fsp3) is 0.600. The number of ketones is 1. The van der Waals surface area contributed by atoms with Crippen molar-refractivity contribution in [2.24, 2.45) is 23.7 Å². The molecule has 2 unspecified atom stereocenters. The van der Waals surface area contributed by atoms with Gasteiger partial charge >= 0.3 is 6.09 Å². The van der Waals surface area contributed by atoms with Crippen molar-refractivity contribution in [2.75, 3.05) is 6.61 Å². The van der Waals surface area contributed by atoms with E-state index in [9.17, 15) is 9.59 Å². The molecule has 1 aromatic carbocycles. The van der Waals surface area contributed by atoms with E-state index in [1.807, 2.05) is 30.3 Å². The predicted octanol–water partition coefficient (Wildman–Crippen LogP) is 5.65. The monoisotopic (exact) mass is 393 g/mol. The Morgan fingerprint density at radius 1 is 1.00 bits per heavy atom. The summed E-state index contributed by atoms with van der Waals surface area (Å²) in [6, 6.07) is 9.83. The molecule has 5 rings (SSSR count). The van der Waals surface area contributed by atoms with Crippen LogP contribution in [0.4, 0.5) is 4.79 Å². The molecular weight excluding hydrogens is 362 g/mol. The van der Waals surface area contributed by atoms with E-state index < -0.39 is 0 Å². The quantitative estimate of drug-likeness (QED) is 0.562. The van der Waals surface area contributed by atoms with Gasteiger partial charge in [0.05, 0.1) is 11.7 Å². The number of unbranched alkanes of at least 4 members (excludes halogenated alkanes) is 3. The Hall–Kier alpha value is -2.10.